The molecule has 4 rings (SSSR count). The molecule has 0 radical (unpaired) electrons. The Morgan fingerprint density at radius 3 is 2.57 bits per heavy atom. The number of aryl methyl sites for hydroxylation is 2. The molecule has 1 heterocycles. The topological polar surface area (TPSA) is 90.3 Å². The van der Waals surface area contributed by atoms with Crippen molar-refractivity contribution in [3.63, 3.8) is 0 Å². The fourth-order valence-corrected chi connectivity index (χ4v) is 3.89. The average molecular weight is 373 g/mol. The summed E-state index contributed by atoms with van der Waals surface area (Å²) in [5.41, 5.74) is 2.73. The number of nitrogens with one attached hydrogen (secondary N) is 1. The van der Waals surface area contributed by atoms with Gasteiger partial charge in [-0.1, -0.05) is 24.3 Å². The first-order valence-electron chi connectivity index (χ1n) is 9.22. The Morgan fingerprint density at radius 1 is 1.14 bits per heavy atom. The number of hydrogen-bond donors (Lipinski definition) is 1. The molecule has 140 valence electrons. The van der Waals surface area contributed by atoms with Crippen molar-refractivity contribution in [1.82, 2.24) is 10.2 Å². The van der Waals surface area contributed by atoms with Crippen molar-refractivity contribution >= 4 is 17.7 Å². The minimum atomic E-state index is -1.26. The number of ketones is 1. The SMILES string of the molecule is C[C@@]1(c2ccc(C#N)cc2)NC(=O)N(CC(=O)c2ccc3c(c2)CCC3)C1=O. The molecular weight excluding hydrogens is 354 g/mol. The number of imide groups is 1. The molecular formula is C22H19N3O3. The summed E-state index contributed by atoms with van der Waals surface area (Å²) in [5, 5.41) is 11.6. The van der Waals surface area contributed by atoms with E-state index in [4.69, 9.17) is 5.26 Å². The molecule has 3 amide bonds. The number of fused-ring (bicyclic) bond motifs is 1. The summed E-state index contributed by atoms with van der Waals surface area (Å²) in [7, 11) is 0. The van der Waals surface area contributed by atoms with Gasteiger partial charge in [-0.25, -0.2) is 4.79 Å². The van der Waals surface area contributed by atoms with Gasteiger partial charge in [0.2, 0.25) is 0 Å². The average Bonchev–Trinajstić information content (AvgIpc) is 3.26. The van der Waals surface area contributed by atoms with Gasteiger partial charge in [-0.15, -0.1) is 0 Å². The summed E-state index contributed by atoms with van der Waals surface area (Å²) in [4.78, 5) is 39.1. The van der Waals surface area contributed by atoms with E-state index in [1.54, 1.807) is 37.3 Å². The molecule has 2 aliphatic rings. The zero-order valence-corrected chi connectivity index (χ0v) is 15.5. The Kier molecular flexibility index (Phi) is 4.23. The van der Waals surface area contributed by atoms with Crippen LogP contribution in [-0.2, 0) is 23.2 Å². The summed E-state index contributed by atoms with van der Waals surface area (Å²) in [6, 6.07) is 13.5. The molecule has 1 N–H and O–H groups in total. The van der Waals surface area contributed by atoms with Crippen LogP contribution in [0.1, 0.15) is 46.0 Å². The third kappa shape index (κ3) is 2.85. The van der Waals surface area contributed by atoms with Crippen molar-refractivity contribution in [1.29, 1.82) is 5.26 Å². The number of benzene rings is 2. The van der Waals surface area contributed by atoms with Gasteiger partial charge in [0.15, 0.2) is 5.78 Å². The standard InChI is InChI=1S/C22H19N3O3/c1-22(18-9-5-14(12-23)6-10-18)20(27)25(21(28)24-22)13-19(26)17-8-7-15-3-2-4-16(15)11-17/h5-11H,2-4,13H2,1H3,(H,24,28)/t22-/m0/s1. The second-order valence-corrected chi connectivity index (χ2v) is 7.40. The van der Waals surface area contributed by atoms with Crippen molar-refractivity contribution < 1.29 is 14.4 Å². The van der Waals surface area contributed by atoms with Gasteiger partial charge in [-0.05, 0) is 61.1 Å². The summed E-state index contributed by atoms with van der Waals surface area (Å²) in [6.45, 7) is 1.31. The fraction of sp³-hybridized carbons (Fsp3) is 0.273. The number of hydrogen-bond acceptors (Lipinski definition) is 4. The van der Waals surface area contributed by atoms with Crippen LogP contribution < -0.4 is 5.32 Å². The highest BCUT2D eigenvalue weighted by atomic mass is 16.2. The number of amides is 3. The lowest BCUT2D eigenvalue weighted by Gasteiger charge is -2.22. The van der Waals surface area contributed by atoms with Crippen molar-refractivity contribution in [2.75, 3.05) is 6.54 Å². The van der Waals surface area contributed by atoms with Crippen LogP contribution in [0.4, 0.5) is 4.79 Å². The minimum Gasteiger partial charge on any atom is -0.319 e. The Hall–Kier alpha value is -3.46. The maximum atomic E-state index is 13.0. The van der Waals surface area contributed by atoms with Gasteiger partial charge in [-0.2, -0.15) is 5.26 Å². The molecule has 1 saturated heterocycles. The van der Waals surface area contributed by atoms with E-state index in [2.05, 4.69) is 5.32 Å². The highest BCUT2D eigenvalue weighted by molar-refractivity contribution is 6.11. The molecule has 2 aromatic carbocycles. The largest absolute Gasteiger partial charge is 0.325 e. The molecule has 6 heteroatoms. The van der Waals surface area contributed by atoms with E-state index in [-0.39, 0.29) is 12.3 Å². The van der Waals surface area contributed by atoms with E-state index in [9.17, 15) is 14.4 Å². The van der Waals surface area contributed by atoms with Crippen LogP contribution >= 0.6 is 0 Å². The first kappa shape index (κ1) is 17.9. The highest BCUT2D eigenvalue weighted by Gasteiger charge is 2.49. The fourth-order valence-electron chi connectivity index (χ4n) is 3.89. The predicted octanol–water partition coefficient (Wildman–Crippen LogP) is 2.70. The third-order valence-electron chi connectivity index (χ3n) is 5.59. The molecule has 0 aromatic heterocycles. The lowest BCUT2D eigenvalue weighted by atomic mass is 9.91. The maximum absolute atomic E-state index is 13.0. The summed E-state index contributed by atoms with van der Waals surface area (Å²) in [5.74, 6) is -0.737. The summed E-state index contributed by atoms with van der Waals surface area (Å²) >= 11 is 0. The molecule has 0 spiro atoms. The van der Waals surface area contributed by atoms with Crippen LogP contribution in [0.3, 0.4) is 0 Å². The smallest absolute Gasteiger partial charge is 0.319 e. The third-order valence-corrected chi connectivity index (χ3v) is 5.59. The van der Waals surface area contributed by atoms with Gasteiger partial charge in [0.05, 0.1) is 18.2 Å². The Balaban J connectivity index is 1.55. The number of carbonyl (C=O) groups excluding carboxylic acids is 3. The normalized spacial score (nSPS) is 20.6. The van der Waals surface area contributed by atoms with Gasteiger partial charge in [0, 0.05) is 5.56 Å². The molecule has 1 fully saturated rings. The van der Waals surface area contributed by atoms with Crippen molar-refractivity contribution in [3.8, 4) is 6.07 Å². The van der Waals surface area contributed by atoms with Gasteiger partial charge < -0.3 is 5.32 Å². The minimum absolute atomic E-state index is 0.262. The molecule has 0 saturated carbocycles. The molecule has 2 aromatic rings. The molecule has 0 bridgehead atoms. The van der Waals surface area contributed by atoms with Crippen molar-refractivity contribution in [2.45, 2.75) is 31.7 Å². The zero-order valence-electron chi connectivity index (χ0n) is 15.5. The van der Waals surface area contributed by atoms with Gasteiger partial charge in [0.1, 0.15) is 5.54 Å². The van der Waals surface area contributed by atoms with E-state index in [1.807, 2.05) is 18.2 Å². The van der Waals surface area contributed by atoms with Crippen LogP contribution in [-0.4, -0.2) is 29.2 Å². The van der Waals surface area contributed by atoms with Crippen molar-refractivity contribution in [2.24, 2.45) is 0 Å². The number of urea groups is 1. The number of carbonyl (C=O) groups is 3. The molecule has 28 heavy (non-hydrogen) atoms. The lowest BCUT2D eigenvalue weighted by molar-refractivity contribution is -0.130. The summed E-state index contributed by atoms with van der Waals surface area (Å²) in [6.07, 6.45) is 3.07. The van der Waals surface area contributed by atoms with E-state index in [0.717, 1.165) is 24.2 Å². The molecule has 6 nitrogen and oxygen atoms in total. The molecule has 1 atom stereocenters. The molecule has 1 aliphatic heterocycles. The van der Waals surface area contributed by atoms with Gasteiger partial charge in [-0.3, -0.25) is 14.5 Å². The molecule has 0 unspecified atom stereocenters. The van der Waals surface area contributed by atoms with Gasteiger partial charge in [0.25, 0.3) is 5.91 Å². The van der Waals surface area contributed by atoms with E-state index in [1.165, 1.54) is 11.1 Å². The Morgan fingerprint density at radius 2 is 1.86 bits per heavy atom. The molecule has 1 aliphatic carbocycles. The van der Waals surface area contributed by atoms with Crippen molar-refractivity contribution in [3.05, 3.63) is 70.3 Å². The van der Waals surface area contributed by atoms with Crippen LogP contribution in [0.15, 0.2) is 42.5 Å². The van der Waals surface area contributed by atoms with Gasteiger partial charge >= 0.3 is 6.03 Å². The first-order chi connectivity index (χ1) is 13.4. The lowest BCUT2D eigenvalue weighted by Crippen LogP contribution is -2.41. The second kappa shape index (κ2) is 6.61. The maximum Gasteiger partial charge on any atom is 0.325 e. The number of rotatable bonds is 4. The number of nitrogens with zero attached hydrogens (tertiary/aromatic N) is 2. The quantitative estimate of drug-likeness (QED) is 0.659. The van der Waals surface area contributed by atoms with Crippen LogP contribution in [0, 0.1) is 11.3 Å². The van der Waals surface area contributed by atoms with Crippen LogP contribution in [0.2, 0.25) is 0 Å². The highest BCUT2D eigenvalue weighted by Crippen LogP contribution is 2.29. The zero-order chi connectivity index (χ0) is 19.9. The Labute approximate surface area is 162 Å². The Bertz CT molecular complexity index is 1040. The predicted molar refractivity (Wildman–Crippen MR) is 102 cm³/mol. The number of Topliss-reactive ketones (excluding diaryl/α,β-unsaturated/α-hetero) is 1. The van der Waals surface area contributed by atoms with E-state index < -0.39 is 17.5 Å². The van der Waals surface area contributed by atoms with E-state index in [0.29, 0.717) is 16.7 Å². The van der Waals surface area contributed by atoms with Crippen LogP contribution in [0.25, 0.3) is 0 Å². The van der Waals surface area contributed by atoms with E-state index >= 15 is 0 Å². The first-order valence-corrected chi connectivity index (χ1v) is 9.22. The second-order valence-electron chi connectivity index (χ2n) is 7.40. The van der Waals surface area contributed by atoms with Crippen LogP contribution in [0.5, 0.6) is 0 Å². The number of nitriles is 1. The monoisotopic (exact) mass is 373 g/mol. The summed E-state index contributed by atoms with van der Waals surface area (Å²) < 4.78 is 0.